The molecule has 1 aliphatic heterocycles. The van der Waals surface area contributed by atoms with Crippen molar-refractivity contribution in [3.8, 4) is 0 Å². The molecule has 0 aromatic rings. The summed E-state index contributed by atoms with van der Waals surface area (Å²) >= 11 is 0. The first-order valence-electron chi connectivity index (χ1n) is 6.48. The fourth-order valence-electron chi connectivity index (χ4n) is 2.28. The lowest BCUT2D eigenvalue weighted by Gasteiger charge is -2.26. The molecule has 15 heavy (non-hydrogen) atoms. The Bertz CT molecular complexity index is 165. The van der Waals surface area contributed by atoms with Gasteiger partial charge in [0.05, 0.1) is 12.7 Å². The van der Waals surface area contributed by atoms with E-state index >= 15 is 0 Å². The van der Waals surface area contributed by atoms with Crippen molar-refractivity contribution in [3.63, 3.8) is 0 Å². The average Bonchev–Trinajstić information content (AvgIpc) is 2.22. The summed E-state index contributed by atoms with van der Waals surface area (Å²) in [6.45, 7) is 5.24. The van der Waals surface area contributed by atoms with Gasteiger partial charge in [-0.25, -0.2) is 0 Å². The number of hydrogen-bond acceptors (Lipinski definition) is 3. The van der Waals surface area contributed by atoms with Gasteiger partial charge in [0.25, 0.3) is 0 Å². The number of ether oxygens (including phenoxy) is 1. The van der Waals surface area contributed by atoms with Crippen molar-refractivity contribution in [2.24, 2.45) is 5.92 Å². The zero-order chi connectivity index (χ0) is 10.3. The topological polar surface area (TPSA) is 33.3 Å². The van der Waals surface area contributed by atoms with Crippen LogP contribution in [0.1, 0.15) is 32.1 Å². The van der Waals surface area contributed by atoms with Crippen molar-refractivity contribution in [2.75, 3.05) is 32.8 Å². The van der Waals surface area contributed by atoms with Gasteiger partial charge >= 0.3 is 0 Å². The van der Waals surface area contributed by atoms with E-state index in [1.165, 1.54) is 32.2 Å². The standard InChI is InChI=1S/C12H24N2O/c1-2-11(3-1)4-6-13-7-5-12-10-14-8-9-15-12/h11-14H,1-10H2. The van der Waals surface area contributed by atoms with Gasteiger partial charge in [-0.2, -0.15) is 0 Å². The van der Waals surface area contributed by atoms with Gasteiger partial charge in [-0.15, -0.1) is 0 Å². The van der Waals surface area contributed by atoms with E-state index in [1.807, 2.05) is 0 Å². The highest BCUT2D eigenvalue weighted by atomic mass is 16.5. The third-order valence-corrected chi connectivity index (χ3v) is 3.60. The molecule has 1 saturated heterocycles. The zero-order valence-corrected chi connectivity index (χ0v) is 9.63. The minimum atomic E-state index is 0.440. The van der Waals surface area contributed by atoms with Crippen molar-refractivity contribution >= 4 is 0 Å². The predicted molar refractivity (Wildman–Crippen MR) is 62.1 cm³/mol. The van der Waals surface area contributed by atoms with Gasteiger partial charge in [0.15, 0.2) is 0 Å². The molecule has 1 aliphatic carbocycles. The molecule has 1 heterocycles. The summed E-state index contributed by atoms with van der Waals surface area (Å²) in [5, 5.41) is 6.88. The summed E-state index contributed by atoms with van der Waals surface area (Å²) in [4.78, 5) is 0. The van der Waals surface area contributed by atoms with Crippen LogP contribution in [-0.4, -0.2) is 38.9 Å². The number of morpholine rings is 1. The molecule has 2 N–H and O–H groups in total. The van der Waals surface area contributed by atoms with E-state index < -0.39 is 0 Å². The Kier molecular flexibility index (Phi) is 4.90. The lowest BCUT2D eigenvalue weighted by atomic mass is 9.83. The molecule has 0 aromatic carbocycles. The summed E-state index contributed by atoms with van der Waals surface area (Å²) in [5.41, 5.74) is 0. The van der Waals surface area contributed by atoms with Crippen LogP contribution in [0, 0.1) is 5.92 Å². The summed E-state index contributed by atoms with van der Waals surface area (Å²) < 4.78 is 5.64. The first kappa shape index (κ1) is 11.4. The average molecular weight is 212 g/mol. The molecule has 0 aromatic heterocycles. The van der Waals surface area contributed by atoms with Crippen LogP contribution in [0.5, 0.6) is 0 Å². The van der Waals surface area contributed by atoms with Gasteiger partial charge in [-0.1, -0.05) is 19.3 Å². The lowest BCUT2D eigenvalue weighted by Crippen LogP contribution is -2.40. The molecule has 3 heteroatoms. The zero-order valence-electron chi connectivity index (χ0n) is 9.63. The van der Waals surface area contributed by atoms with Crippen molar-refractivity contribution in [1.29, 1.82) is 0 Å². The molecule has 2 rings (SSSR count). The van der Waals surface area contributed by atoms with Crippen LogP contribution in [0.3, 0.4) is 0 Å². The van der Waals surface area contributed by atoms with Crippen LogP contribution in [-0.2, 0) is 4.74 Å². The first-order chi connectivity index (χ1) is 7.45. The van der Waals surface area contributed by atoms with Crippen molar-refractivity contribution < 1.29 is 4.74 Å². The fourth-order valence-corrected chi connectivity index (χ4v) is 2.28. The minimum Gasteiger partial charge on any atom is -0.376 e. The molecule has 0 bridgehead atoms. The summed E-state index contributed by atoms with van der Waals surface area (Å²) in [5.74, 6) is 1.03. The van der Waals surface area contributed by atoms with Gasteiger partial charge in [0, 0.05) is 13.1 Å². The van der Waals surface area contributed by atoms with E-state index in [0.29, 0.717) is 6.10 Å². The van der Waals surface area contributed by atoms with Gasteiger partial charge in [-0.3, -0.25) is 0 Å². The smallest absolute Gasteiger partial charge is 0.0712 e. The Balaban J connectivity index is 1.40. The van der Waals surface area contributed by atoms with Crippen LogP contribution in [0.15, 0.2) is 0 Å². The van der Waals surface area contributed by atoms with E-state index in [4.69, 9.17) is 4.74 Å². The Morgan fingerprint density at radius 1 is 1.20 bits per heavy atom. The molecule has 0 radical (unpaired) electrons. The van der Waals surface area contributed by atoms with E-state index in [9.17, 15) is 0 Å². The number of nitrogens with one attached hydrogen (secondary N) is 2. The lowest BCUT2D eigenvalue weighted by molar-refractivity contribution is 0.0238. The molecule has 3 nitrogen and oxygen atoms in total. The molecule has 1 unspecified atom stereocenters. The van der Waals surface area contributed by atoms with Crippen LogP contribution < -0.4 is 10.6 Å². The third kappa shape index (κ3) is 4.09. The maximum atomic E-state index is 5.64. The van der Waals surface area contributed by atoms with Crippen molar-refractivity contribution in [3.05, 3.63) is 0 Å². The van der Waals surface area contributed by atoms with Crippen LogP contribution in [0.25, 0.3) is 0 Å². The largest absolute Gasteiger partial charge is 0.376 e. The maximum absolute atomic E-state index is 5.64. The highest BCUT2D eigenvalue weighted by molar-refractivity contribution is 4.71. The minimum absolute atomic E-state index is 0.440. The van der Waals surface area contributed by atoms with Gasteiger partial charge in [0.2, 0.25) is 0 Å². The van der Waals surface area contributed by atoms with E-state index in [-0.39, 0.29) is 0 Å². The van der Waals surface area contributed by atoms with Crippen LogP contribution in [0.2, 0.25) is 0 Å². The Labute approximate surface area is 93.0 Å². The molecule has 1 atom stereocenters. The van der Waals surface area contributed by atoms with E-state index in [1.54, 1.807) is 0 Å². The molecule has 2 aliphatic rings. The molecule has 0 amide bonds. The van der Waals surface area contributed by atoms with Gasteiger partial charge in [0.1, 0.15) is 0 Å². The van der Waals surface area contributed by atoms with Crippen LogP contribution >= 0.6 is 0 Å². The van der Waals surface area contributed by atoms with E-state index in [2.05, 4.69) is 10.6 Å². The van der Waals surface area contributed by atoms with Crippen molar-refractivity contribution in [1.82, 2.24) is 10.6 Å². The second-order valence-electron chi connectivity index (χ2n) is 4.82. The molecule has 88 valence electrons. The van der Waals surface area contributed by atoms with Gasteiger partial charge < -0.3 is 15.4 Å². The predicted octanol–water partition coefficient (Wildman–Crippen LogP) is 1.14. The highest BCUT2D eigenvalue weighted by Gasteiger charge is 2.16. The summed E-state index contributed by atoms with van der Waals surface area (Å²) in [6.07, 6.45) is 7.37. The second kappa shape index (κ2) is 6.46. The van der Waals surface area contributed by atoms with Crippen molar-refractivity contribution in [2.45, 2.75) is 38.2 Å². The quantitative estimate of drug-likeness (QED) is 0.648. The highest BCUT2D eigenvalue weighted by Crippen LogP contribution is 2.28. The summed E-state index contributed by atoms with van der Waals surface area (Å²) in [6, 6.07) is 0. The van der Waals surface area contributed by atoms with E-state index in [0.717, 1.165) is 38.6 Å². The molecule has 0 spiro atoms. The monoisotopic (exact) mass is 212 g/mol. The summed E-state index contributed by atoms with van der Waals surface area (Å²) in [7, 11) is 0. The Hall–Kier alpha value is -0.120. The van der Waals surface area contributed by atoms with Crippen LogP contribution in [0.4, 0.5) is 0 Å². The Morgan fingerprint density at radius 3 is 2.73 bits per heavy atom. The number of rotatable bonds is 6. The first-order valence-corrected chi connectivity index (χ1v) is 6.48. The fraction of sp³-hybridized carbons (Fsp3) is 1.00. The maximum Gasteiger partial charge on any atom is 0.0712 e. The second-order valence-corrected chi connectivity index (χ2v) is 4.82. The van der Waals surface area contributed by atoms with Gasteiger partial charge in [-0.05, 0) is 31.8 Å². The third-order valence-electron chi connectivity index (χ3n) is 3.60. The molecular weight excluding hydrogens is 188 g/mol. The molecule has 2 fully saturated rings. The molecular formula is C12H24N2O. The normalized spacial score (nSPS) is 27.6. The molecule has 1 saturated carbocycles. The number of hydrogen-bond donors (Lipinski definition) is 2. The SMILES string of the molecule is C1CC(CCNCCC2CNCCO2)C1. The Morgan fingerprint density at radius 2 is 2.07 bits per heavy atom.